The van der Waals surface area contributed by atoms with Gasteiger partial charge in [-0.25, -0.2) is 4.98 Å². The third-order valence-electron chi connectivity index (χ3n) is 7.75. The summed E-state index contributed by atoms with van der Waals surface area (Å²) in [6.45, 7) is 0.762. The van der Waals surface area contributed by atoms with Crippen LogP contribution in [0.15, 0.2) is 46.0 Å². The molecule has 0 radical (unpaired) electrons. The van der Waals surface area contributed by atoms with Crippen LogP contribution in [0.25, 0.3) is 32.4 Å². The number of benzene rings is 2. The second-order valence-electron chi connectivity index (χ2n) is 10.2. The topological polar surface area (TPSA) is 71.0 Å². The van der Waals surface area contributed by atoms with Crippen molar-refractivity contribution in [2.24, 2.45) is 0 Å². The zero-order chi connectivity index (χ0) is 25.7. The van der Waals surface area contributed by atoms with E-state index < -0.39 is 23.8 Å². The van der Waals surface area contributed by atoms with E-state index in [1.54, 1.807) is 12.1 Å². The molecule has 37 heavy (non-hydrogen) atoms. The number of hydrogen-bond acceptors (Lipinski definition) is 5. The van der Waals surface area contributed by atoms with Crippen molar-refractivity contribution < 1.29 is 13.2 Å². The molecule has 0 amide bonds. The Kier molecular flexibility index (Phi) is 6.19. The highest BCUT2D eigenvalue weighted by atomic mass is 32.1. The first-order valence-electron chi connectivity index (χ1n) is 12.7. The van der Waals surface area contributed by atoms with Crippen LogP contribution in [0.5, 0.6) is 0 Å². The highest BCUT2D eigenvalue weighted by Crippen LogP contribution is 2.34. The molecule has 1 aliphatic heterocycles. The van der Waals surface area contributed by atoms with Crippen LogP contribution in [0.3, 0.4) is 0 Å². The van der Waals surface area contributed by atoms with E-state index in [9.17, 15) is 22.8 Å². The van der Waals surface area contributed by atoms with Gasteiger partial charge in [0.25, 0.3) is 11.1 Å². The first-order chi connectivity index (χ1) is 17.8. The largest absolute Gasteiger partial charge is 0.407 e. The number of alkyl halides is 3. The first-order valence-corrected chi connectivity index (χ1v) is 13.5. The number of likely N-dealkylation sites (tertiary alicyclic amines) is 1. The molecule has 0 spiro atoms. The van der Waals surface area contributed by atoms with Gasteiger partial charge in [-0.15, -0.1) is 0 Å². The molecule has 2 aromatic carbocycles. The van der Waals surface area contributed by atoms with E-state index in [-0.39, 0.29) is 11.1 Å². The summed E-state index contributed by atoms with van der Waals surface area (Å²) in [7, 11) is 0. The van der Waals surface area contributed by atoms with Crippen molar-refractivity contribution in [2.45, 2.75) is 63.2 Å². The number of rotatable bonds is 4. The van der Waals surface area contributed by atoms with Gasteiger partial charge in [-0.2, -0.15) is 13.2 Å². The molecule has 1 aliphatic carbocycles. The lowest BCUT2D eigenvalue weighted by Crippen LogP contribution is -2.34. The van der Waals surface area contributed by atoms with Gasteiger partial charge in [0.2, 0.25) is 0 Å². The van der Waals surface area contributed by atoms with Gasteiger partial charge in [-0.1, -0.05) is 49.0 Å². The van der Waals surface area contributed by atoms with Crippen molar-refractivity contribution in [3.05, 3.63) is 62.7 Å². The van der Waals surface area contributed by atoms with Crippen LogP contribution in [0.1, 0.15) is 50.0 Å². The van der Waals surface area contributed by atoms with Gasteiger partial charge in [-0.05, 0) is 55.5 Å². The van der Waals surface area contributed by atoms with E-state index >= 15 is 0 Å². The Morgan fingerprint density at radius 2 is 1.86 bits per heavy atom. The van der Waals surface area contributed by atoms with Crippen molar-refractivity contribution in [3.63, 3.8) is 0 Å². The quantitative estimate of drug-likeness (QED) is 0.372. The van der Waals surface area contributed by atoms with Crippen molar-refractivity contribution in [1.29, 1.82) is 0 Å². The Bertz CT molecular complexity index is 1580. The van der Waals surface area contributed by atoms with Gasteiger partial charge in [0.1, 0.15) is 12.2 Å². The predicted octanol–water partition coefficient (Wildman–Crippen LogP) is 5.65. The number of nitrogens with zero attached hydrogens (tertiary/aromatic N) is 3. The number of fused-ring (bicyclic) bond motifs is 2. The molecule has 1 saturated carbocycles. The lowest BCUT2D eigenvalue weighted by molar-refractivity contribution is -0.139. The summed E-state index contributed by atoms with van der Waals surface area (Å²) >= 11 is 0.704. The average Bonchev–Trinajstić information content (AvgIpc) is 3.48. The van der Waals surface area contributed by atoms with Crippen LogP contribution < -0.4 is 11.1 Å². The van der Waals surface area contributed by atoms with Crippen LogP contribution in [-0.4, -0.2) is 44.1 Å². The van der Waals surface area contributed by atoms with Crippen LogP contribution >= 0.6 is 11.5 Å². The smallest absolute Gasteiger partial charge is 0.319 e. The first kappa shape index (κ1) is 24.4. The minimum absolute atomic E-state index is 0.0931. The predicted molar refractivity (Wildman–Crippen MR) is 139 cm³/mol. The molecule has 0 bridgehead atoms. The number of halogens is 3. The van der Waals surface area contributed by atoms with Gasteiger partial charge in [0, 0.05) is 18.2 Å². The third kappa shape index (κ3) is 4.72. The molecule has 6 rings (SSSR count). The summed E-state index contributed by atoms with van der Waals surface area (Å²) in [5.74, 6) is 0.411. The van der Waals surface area contributed by atoms with Gasteiger partial charge in [0.15, 0.2) is 0 Å². The van der Waals surface area contributed by atoms with Gasteiger partial charge >= 0.3 is 6.18 Å². The van der Waals surface area contributed by atoms with E-state index in [2.05, 4.69) is 20.9 Å². The molecule has 1 saturated heterocycles. The fourth-order valence-electron chi connectivity index (χ4n) is 5.92. The second-order valence-corrected chi connectivity index (χ2v) is 11.2. The normalized spacial score (nSPS) is 19.8. The van der Waals surface area contributed by atoms with Crippen molar-refractivity contribution >= 4 is 32.7 Å². The Hall–Kier alpha value is -2.98. The van der Waals surface area contributed by atoms with Gasteiger partial charge in [0.05, 0.1) is 21.1 Å². The van der Waals surface area contributed by atoms with Crippen molar-refractivity contribution in [1.82, 2.24) is 18.8 Å². The highest BCUT2D eigenvalue weighted by Gasteiger charge is 2.31. The minimum atomic E-state index is -4.52. The molecule has 2 aromatic heterocycles. The Labute approximate surface area is 214 Å². The molecular weight excluding hydrogens is 501 g/mol. The monoisotopic (exact) mass is 528 g/mol. The molecule has 1 atom stereocenters. The van der Waals surface area contributed by atoms with E-state index in [1.165, 1.54) is 43.7 Å². The maximum Gasteiger partial charge on any atom is 0.407 e. The average molecular weight is 529 g/mol. The highest BCUT2D eigenvalue weighted by molar-refractivity contribution is 7.14. The molecule has 10 heteroatoms. The van der Waals surface area contributed by atoms with E-state index in [0.717, 1.165) is 19.5 Å². The Balaban J connectivity index is 1.32. The molecule has 1 unspecified atom stereocenters. The van der Waals surface area contributed by atoms with Crippen molar-refractivity contribution in [3.8, 4) is 11.3 Å². The summed E-state index contributed by atoms with van der Waals surface area (Å²) < 4.78 is 39.8. The standard InChI is InChI=1S/C27H27F3N4O2S/c28-27(29,30)15-34-26(36)20-8-4-7-19(24(20)37-34)23-25(35)32-22-13-16(9-10-21(22)31-23)17-11-12-33(14-17)18-5-2-1-3-6-18/h4,7-10,13,17-18H,1-3,5-6,11-12,14-15H2,(H,32,35). The summed E-state index contributed by atoms with van der Waals surface area (Å²) in [5, 5.41) is 0.146. The molecule has 194 valence electrons. The Morgan fingerprint density at radius 1 is 1.05 bits per heavy atom. The molecular formula is C27H27F3N4O2S. The molecule has 6 nitrogen and oxygen atoms in total. The van der Waals surface area contributed by atoms with Crippen LogP contribution in [-0.2, 0) is 6.54 Å². The molecule has 1 N–H and O–H groups in total. The van der Waals surface area contributed by atoms with Gasteiger partial charge in [-0.3, -0.25) is 18.4 Å². The zero-order valence-electron chi connectivity index (χ0n) is 20.2. The fourth-order valence-corrected chi connectivity index (χ4v) is 7.05. The van der Waals surface area contributed by atoms with E-state index in [0.29, 0.717) is 48.7 Å². The zero-order valence-corrected chi connectivity index (χ0v) is 21.0. The number of aromatic nitrogens is 3. The lowest BCUT2D eigenvalue weighted by atomic mass is 9.94. The summed E-state index contributed by atoms with van der Waals surface area (Å²) in [6, 6.07) is 11.3. The number of hydrogen-bond donors (Lipinski definition) is 1. The van der Waals surface area contributed by atoms with Gasteiger partial charge < -0.3 is 4.98 Å². The van der Waals surface area contributed by atoms with Crippen LogP contribution in [0, 0.1) is 0 Å². The van der Waals surface area contributed by atoms with Crippen LogP contribution in [0.4, 0.5) is 13.2 Å². The lowest BCUT2D eigenvalue weighted by Gasteiger charge is -2.31. The fraction of sp³-hybridized carbons (Fsp3) is 0.444. The third-order valence-corrected chi connectivity index (χ3v) is 8.89. The maximum absolute atomic E-state index is 13.1. The maximum atomic E-state index is 13.1. The van der Waals surface area contributed by atoms with Crippen molar-refractivity contribution in [2.75, 3.05) is 13.1 Å². The molecule has 2 aliphatic rings. The summed E-state index contributed by atoms with van der Waals surface area (Å²) in [5.41, 5.74) is 1.70. The van der Waals surface area contributed by atoms with Crippen LogP contribution in [0.2, 0.25) is 0 Å². The van der Waals surface area contributed by atoms with E-state index in [1.807, 2.05) is 12.1 Å². The molecule has 2 fully saturated rings. The molecule has 3 heterocycles. The molecule has 4 aromatic rings. The number of aromatic amines is 1. The SMILES string of the molecule is O=c1[nH]c2cc(C3CCN(C4CCCCC4)C3)ccc2nc1-c1cccc2c(=O)n(CC(F)(F)F)sc12. The minimum Gasteiger partial charge on any atom is -0.319 e. The summed E-state index contributed by atoms with van der Waals surface area (Å²) in [4.78, 5) is 35.8. The number of H-pyrrole nitrogens is 1. The number of nitrogens with one attached hydrogen (secondary N) is 1. The Morgan fingerprint density at radius 3 is 2.65 bits per heavy atom. The summed E-state index contributed by atoms with van der Waals surface area (Å²) in [6.07, 6.45) is 3.11. The van der Waals surface area contributed by atoms with E-state index in [4.69, 9.17) is 0 Å². The second kappa shape index (κ2) is 9.40.